The van der Waals surface area contributed by atoms with E-state index >= 15 is 0 Å². The van der Waals surface area contributed by atoms with Gasteiger partial charge in [0, 0.05) is 23.2 Å². The highest BCUT2D eigenvalue weighted by molar-refractivity contribution is 7.99. The molecule has 0 aromatic heterocycles. The largest absolute Gasteiger partial charge is 0.306 e. The third-order valence-corrected chi connectivity index (χ3v) is 5.54. The Kier molecular flexibility index (Phi) is 2.86. The monoisotopic (exact) mass is 267 g/mol. The van der Waals surface area contributed by atoms with Gasteiger partial charge >= 0.3 is 0 Å². The van der Waals surface area contributed by atoms with Crippen molar-refractivity contribution < 1.29 is 0 Å². The van der Waals surface area contributed by atoms with Crippen molar-refractivity contribution in [1.29, 1.82) is 0 Å². The fraction of sp³-hybridized carbons (Fsp3) is 0.294. The van der Waals surface area contributed by atoms with Crippen molar-refractivity contribution in [3.8, 4) is 0 Å². The van der Waals surface area contributed by atoms with E-state index in [0.29, 0.717) is 12.0 Å². The molecule has 0 spiro atoms. The molecule has 1 N–H and O–H groups in total. The molecule has 0 amide bonds. The van der Waals surface area contributed by atoms with E-state index in [1.54, 1.807) is 5.56 Å². The lowest BCUT2D eigenvalue weighted by atomic mass is 9.91. The van der Waals surface area contributed by atoms with E-state index in [-0.39, 0.29) is 0 Å². The average Bonchev–Trinajstić information content (AvgIpc) is 3.05. The first-order valence-electron chi connectivity index (χ1n) is 6.95. The minimum Gasteiger partial charge on any atom is -0.306 e. The second kappa shape index (κ2) is 4.69. The SMILES string of the molecule is c1ccc2c(c1)CNC2CC1CSc2ccccc21. The first kappa shape index (κ1) is 11.6. The summed E-state index contributed by atoms with van der Waals surface area (Å²) >= 11 is 2.01. The van der Waals surface area contributed by atoms with Crippen LogP contribution in [0.1, 0.15) is 35.1 Å². The molecule has 0 saturated carbocycles. The first-order valence-corrected chi connectivity index (χ1v) is 7.93. The molecular weight excluding hydrogens is 250 g/mol. The van der Waals surface area contributed by atoms with Gasteiger partial charge in [0.25, 0.3) is 0 Å². The zero-order valence-corrected chi connectivity index (χ0v) is 11.6. The number of rotatable bonds is 2. The zero-order valence-electron chi connectivity index (χ0n) is 10.8. The lowest BCUT2D eigenvalue weighted by molar-refractivity contribution is 0.502. The zero-order chi connectivity index (χ0) is 12.7. The van der Waals surface area contributed by atoms with Crippen LogP contribution in [0.15, 0.2) is 53.4 Å². The van der Waals surface area contributed by atoms with Gasteiger partial charge in [-0.25, -0.2) is 0 Å². The minimum atomic E-state index is 0.535. The van der Waals surface area contributed by atoms with Crippen LogP contribution in [0.2, 0.25) is 0 Å². The summed E-state index contributed by atoms with van der Waals surface area (Å²) in [5.41, 5.74) is 4.54. The molecule has 0 aliphatic carbocycles. The summed E-state index contributed by atoms with van der Waals surface area (Å²) in [6, 6.07) is 18.3. The van der Waals surface area contributed by atoms with Crippen molar-refractivity contribution in [2.75, 3.05) is 5.75 Å². The molecule has 2 unspecified atom stereocenters. The van der Waals surface area contributed by atoms with E-state index in [1.807, 2.05) is 11.8 Å². The number of nitrogens with one attached hydrogen (secondary N) is 1. The molecule has 0 saturated heterocycles. The Morgan fingerprint density at radius 3 is 2.74 bits per heavy atom. The highest BCUT2D eigenvalue weighted by atomic mass is 32.2. The molecule has 2 aromatic rings. The van der Waals surface area contributed by atoms with Crippen molar-refractivity contribution in [1.82, 2.24) is 5.32 Å². The minimum absolute atomic E-state index is 0.535. The van der Waals surface area contributed by atoms with Crippen molar-refractivity contribution in [3.05, 3.63) is 65.2 Å². The second-order valence-corrected chi connectivity index (χ2v) is 6.48. The van der Waals surface area contributed by atoms with Crippen molar-refractivity contribution >= 4 is 11.8 Å². The third-order valence-electron chi connectivity index (χ3n) is 4.29. The van der Waals surface area contributed by atoms with Gasteiger partial charge in [-0.05, 0) is 35.1 Å². The van der Waals surface area contributed by atoms with E-state index < -0.39 is 0 Å². The lowest BCUT2D eigenvalue weighted by Gasteiger charge is -2.17. The van der Waals surface area contributed by atoms with Gasteiger partial charge < -0.3 is 5.32 Å². The predicted octanol–water partition coefficient (Wildman–Crippen LogP) is 4.11. The quantitative estimate of drug-likeness (QED) is 0.878. The number of hydrogen-bond acceptors (Lipinski definition) is 2. The van der Waals surface area contributed by atoms with Gasteiger partial charge in [0.1, 0.15) is 0 Å². The molecule has 0 fully saturated rings. The van der Waals surface area contributed by atoms with Gasteiger partial charge in [-0.15, -0.1) is 11.8 Å². The van der Waals surface area contributed by atoms with Crippen LogP contribution in [0, 0.1) is 0 Å². The van der Waals surface area contributed by atoms with E-state index in [1.165, 1.54) is 28.2 Å². The molecule has 0 radical (unpaired) electrons. The van der Waals surface area contributed by atoms with E-state index in [4.69, 9.17) is 0 Å². The maximum Gasteiger partial charge on any atom is 0.0332 e. The van der Waals surface area contributed by atoms with Gasteiger partial charge in [-0.3, -0.25) is 0 Å². The van der Waals surface area contributed by atoms with Crippen LogP contribution in [-0.2, 0) is 6.54 Å². The normalized spacial score (nSPS) is 24.2. The molecule has 19 heavy (non-hydrogen) atoms. The van der Waals surface area contributed by atoms with Gasteiger partial charge in [0.2, 0.25) is 0 Å². The Morgan fingerprint density at radius 1 is 1.00 bits per heavy atom. The van der Waals surface area contributed by atoms with Crippen LogP contribution in [0.3, 0.4) is 0 Å². The van der Waals surface area contributed by atoms with Gasteiger partial charge in [-0.1, -0.05) is 42.5 Å². The molecule has 0 bridgehead atoms. The van der Waals surface area contributed by atoms with E-state index in [0.717, 1.165) is 6.54 Å². The van der Waals surface area contributed by atoms with E-state index in [9.17, 15) is 0 Å². The highest BCUT2D eigenvalue weighted by Crippen LogP contribution is 2.44. The van der Waals surface area contributed by atoms with Crippen LogP contribution in [0.5, 0.6) is 0 Å². The third kappa shape index (κ3) is 1.99. The van der Waals surface area contributed by atoms with Crippen LogP contribution >= 0.6 is 11.8 Å². The Morgan fingerprint density at radius 2 is 1.79 bits per heavy atom. The molecule has 2 aliphatic heterocycles. The molecule has 2 atom stereocenters. The summed E-state index contributed by atoms with van der Waals surface area (Å²) in [7, 11) is 0. The topological polar surface area (TPSA) is 12.0 Å². The maximum atomic E-state index is 3.67. The number of hydrogen-bond donors (Lipinski definition) is 1. The standard InChI is InChI=1S/C17H17NS/c1-2-6-14-12(5-1)10-18-16(14)9-13-11-19-17-8-4-3-7-15(13)17/h1-8,13,16,18H,9-11H2. The molecule has 96 valence electrons. The predicted molar refractivity (Wildman–Crippen MR) is 80.5 cm³/mol. The summed E-state index contributed by atoms with van der Waals surface area (Å²) in [4.78, 5) is 1.48. The Labute approximate surface area is 118 Å². The smallest absolute Gasteiger partial charge is 0.0332 e. The molecular formula is C17H17NS. The van der Waals surface area contributed by atoms with Crippen molar-refractivity contribution in [2.45, 2.75) is 29.8 Å². The van der Waals surface area contributed by atoms with Gasteiger partial charge in [0.15, 0.2) is 0 Å². The Hall–Kier alpha value is -1.25. The van der Waals surface area contributed by atoms with Gasteiger partial charge in [0.05, 0.1) is 0 Å². The average molecular weight is 267 g/mol. The first-order chi connectivity index (χ1) is 9.42. The molecule has 4 rings (SSSR count). The molecule has 2 heterocycles. The van der Waals surface area contributed by atoms with Crippen molar-refractivity contribution in [3.63, 3.8) is 0 Å². The summed E-state index contributed by atoms with van der Waals surface area (Å²) in [5, 5.41) is 3.67. The van der Waals surface area contributed by atoms with Crippen LogP contribution in [-0.4, -0.2) is 5.75 Å². The summed E-state index contributed by atoms with van der Waals surface area (Å²) in [6.07, 6.45) is 1.22. The lowest BCUT2D eigenvalue weighted by Crippen LogP contribution is -2.15. The van der Waals surface area contributed by atoms with Crippen LogP contribution in [0.25, 0.3) is 0 Å². The summed E-state index contributed by atoms with van der Waals surface area (Å²) in [5.74, 6) is 1.93. The van der Waals surface area contributed by atoms with Crippen LogP contribution < -0.4 is 5.32 Å². The Bertz CT molecular complexity index is 554. The Balaban J connectivity index is 1.58. The van der Waals surface area contributed by atoms with Crippen LogP contribution in [0.4, 0.5) is 0 Å². The number of benzene rings is 2. The molecule has 2 heteroatoms. The van der Waals surface area contributed by atoms with Crippen molar-refractivity contribution in [2.24, 2.45) is 0 Å². The fourth-order valence-electron chi connectivity index (χ4n) is 3.30. The summed E-state index contributed by atoms with van der Waals surface area (Å²) < 4.78 is 0. The molecule has 2 aliphatic rings. The van der Waals surface area contributed by atoms with Gasteiger partial charge in [-0.2, -0.15) is 0 Å². The van der Waals surface area contributed by atoms with E-state index in [2.05, 4.69) is 53.8 Å². The summed E-state index contributed by atoms with van der Waals surface area (Å²) in [6.45, 7) is 1.03. The number of thioether (sulfide) groups is 1. The second-order valence-electron chi connectivity index (χ2n) is 5.41. The number of fused-ring (bicyclic) bond motifs is 2. The molecule has 1 nitrogen and oxygen atoms in total. The fourth-order valence-corrected chi connectivity index (χ4v) is 4.57. The molecule has 2 aromatic carbocycles. The highest BCUT2D eigenvalue weighted by Gasteiger charge is 2.29. The maximum absolute atomic E-state index is 3.67.